The lowest BCUT2D eigenvalue weighted by molar-refractivity contribution is -0.145. The summed E-state index contributed by atoms with van der Waals surface area (Å²) in [7, 11) is 1.48. The molecule has 156 valence electrons. The number of halogens is 1. The molecule has 0 aliphatic carbocycles. The van der Waals surface area contributed by atoms with Gasteiger partial charge in [0.15, 0.2) is 22.4 Å². The lowest BCUT2D eigenvalue weighted by atomic mass is 10.1. The third-order valence-electron chi connectivity index (χ3n) is 4.03. The predicted molar refractivity (Wildman–Crippen MR) is 117 cm³/mol. The Morgan fingerprint density at radius 2 is 1.97 bits per heavy atom. The lowest BCUT2D eigenvalue weighted by Crippen LogP contribution is -2.27. The molecule has 1 fully saturated rings. The van der Waals surface area contributed by atoms with Gasteiger partial charge in [-0.15, -0.1) is 0 Å². The molecule has 0 aromatic heterocycles. The van der Waals surface area contributed by atoms with E-state index in [-0.39, 0.29) is 19.1 Å². The second-order valence-corrected chi connectivity index (χ2v) is 7.64. The summed E-state index contributed by atoms with van der Waals surface area (Å²) in [6.45, 7) is 1.65. The summed E-state index contributed by atoms with van der Waals surface area (Å²) in [6.07, 6.45) is 1.62. The number of rotatable bonds is 7. The van der Waals surface area contributed by atoms with Crippen molar-refractivity contribution in [3.05, 3.63) is 58.8 Å². The molecule has 0 unspecified atom stereocenters. The van der Waals surface area contributed by atoms with Crippen LogP contribution in [-0.2, 0) is 14.3 Å². The number of nitrogens with zero attached hydrogens (tertiary/aromatic N) is 1. The first-order valence-electron chi connectivity index (χ1n) is 8.93. The number of amides is 1. The van der Waals surface area contributed by atoms with Crippen LogP contribution in [0.25, 0.3) is 6.08 Å². The van der Waals surface area contributed by atoms with Crippen LogP contribution < -0.4 is 14.4 Å². The summed E-state index contributed by atoms with van der Waals surface area (Å²) < 4.78 is 29.4. The van der Waals surface area contributed by atoms with Crippen LogP contribution in [0.15, 0.2) is 47.4 Å². The van der Waals surface area contributed by atoms with Crippen molar-refractivity contribution < 1.29 is 28.2 Å². The van der Waals surface area contributed by atoms with Gasteiger partial charge < -0.3 is 14.2 Å². The smallest absolute Gasteiger partial charge is 0.344 e. The van der Waals surface area contributed by atoms with E-state index in [1.165, 1.54) is 36.3 Å². The first kappa shape index (κ1) is 21.8. The summed E-state index contributed by atoms with van der Waals surface area (Å²) in [5.41, 5.74) is 1.02. The molecule has 1 amide bonds. The number of esters is 1. The molecule has 2 aromatic rings. The Morgan fingerprint density at radius 1 is 1.23 bits per heavy atom. The van der Waals surface area contributed by atoms with Crippen molar-refractivity contribution in [1.82, 2.24) is 0 Å². The number of methoxy groups -OCH3 is 1. The molecule has 0 atom stereocenters. The molecule has 0 radical (unpaired) electrons. The minimum absolute atomic E-state index is 0.243. The summed E-state index contributed by atoms with van der Waals surface area (Å²) in [4.78, 5) is 26.3. The van der Waals surface area contributed by atoms with Gasteiger partial charge in [-0.25, -0.2) is 9.18 Å². The van der Waals surface area contributed by atoms with E-state index in [2.05, 4.69) is 0 Å². The van der Waals surface area contributed by atoms with Crippen molar-refractivity contribution in [2.45, 2.75) is 6.92 Å². The highest BCUT2D eigenvalue weighted by molar-refractivity contribution is 8.27. The van der Waals surface area contributed by atoms with Crippen LogP contribution in [0.3, 0.4) is 0 Å². The number of carbonyl (C=O) groups excluding carboxylic acids is 2. The zero-order valence-electron chi connectivity index (χ0n) is 16.2. The molecule has 3 rings (SSSR count). The molecule has 30 heavy (non-hydrogen) atoms. The van der Waals surface area contributed by atoms with Gasteiger partial charge in [-0.1, -0.05) is 36.1 Å². The minimum atomic E-state index is -0.517. The molecular formula is C21H18FNO5S2. The van der Waals surface area contributed by atoms with Gasteiger partial charge >= 0.3 is 5.97 Å². The van der Waals surface area contributed by atoms with E-state index in [0.29, 0.717) is 32.0 Å². The van der Waals surface area contributed by atoms with Crippen molar-refractivity contribution >= 4 is 51.9 Å². The van der Waals surface area contributed by atoms with Crippen molar-refractivity contribution in [3.63, 3.8) is 0 Å². The summed E-state index contributed by atoms with van der Waals surface area (Å²) in [5, 5.41) is 0. The van der Waals surface area contributed by atoms with Crippen molar-refractivity contribution in [3.8, 4) is 11.5 Å². The Labute approximate surface area is 182 Å². The van der Waals surface area contributed by atoms with Gasteiger partial charge in [0.2, 0.25) is 0 Å². The molecule has 1 aliphatic rings. The maximum absolute atomic E-state index is 13.2. The van der Waals surface area contributed by atoms with Gasteiger partial charge in [-0.05, 0) is 43.3 Å². The Hall–Kier alpha value is -2.91. The molecule has 1 saturated heterocycles. The van der Waals surface area contributed by atoms with E-state index in [1.807, 2.05) is 0 Å². The van der Waals surface area contributed by atoms with E-state index in [0.717, 1.165) is 11.8 Å². The first-order chi connectivity index (χ1) is 14.4. The molecule has 9 heteroatoms. The van der Waals surface area contributed by atoms with Gasteiger partial charge in [-0.3, -0.25) is 9.69 Å². The fourth-order valence-electron chi connectivity index (χ4n) is 2.72. The van der Waals surface area contributed by atoms with Crippen LogP contribution in [0.1, 0.15) is 12.5 Å². The van der Waals surface area contributed by atoms with E-state index < -0.39 is 11.8 Å². The molecule has 6 nitrogen and oxygen atoms in total. The van der Waals surface area contributed by atoms with Gasteiger partial charge in [0.25, 0.3) is 5.91 Å². The number of hydrogen-bond donors (Lipinski definition) is 0. The topological polar surface area (TPSA) is 65.1 Å². The normalized spacial score (nSPS) is 14.9. The largest absolute Gasteiger partial charge is 0.493 e. The van der Waals surface area contributed by atoms with Crippen LogP contribution in [0.2, 0.25) is 0 Å². The van der Waals surface area contributed by atoms with E-state index in [1.54, 1.807) is 31.2 Å². The number of hydrogen-bond acceptors (Lipinski definition) is 7. The molecule has 0 spiro atoms. The maximum Gasteiger partial charge on any atom is 0.344 e. The van der Waals surface area contributed by atoms with Crippen molar-refractivity contribution in [1.29, 1.82) is 0 Å². The molecular weight excluding hydrogens is 429 g/mol. The van der Waals surface area contributed by atoms with Gasteiger partial charge in [0.05, 0.1) is 24.3 Å². The van der Waals surface area contributed by atoms with Crippen LogP contribution in [-0.4, -0.2) is 36.5 Å². The number of carbonyl (C=O) groups is 2. The van der Waals surface area contributed by atoms with E-state index in [4.69, 9.17) is 26.4 Å². The molecule has 0 bridgehead atoms. The Kier molecular flexibility index (Phi) is 7.07. The number of benzene rings is 2. The second kappa shape index (κ2) is 9.73. The minimum Gasteiger partial charge on any atom is -0.493 e. The van der Waals surface area contributed by atoms with Gasteiger partial charge in [-0.2, -0.15) is 0 Å². The highest BCUT2D eigenvalue weighted by atomic mass is 32.2. The van der Waals surface area contributed by atoms with Crippen molar-refractivity contribution in [2.75, 3.05) is 25.2 Å². The van der Waals surface area contributed by atoms with Crippen LogP contribution in [0.5, 0.6) is 11.5 Å². The van der Waals surface area contributed by atoms with E-state index >= 15 is 0 Å². The average Bonchev–Trinajstić information content (AvgIpc) is 3.01. The lowest BCUT2D eigenvalue weighted by Gasteiger charge is -2.14. The van der Waals surface area contributed by atoms with Crippen LogP contribution in [0, 0.1) is 5.82 Å². The molecule has 2 aromatic carbocycles. The van der Waals surface area contributed by atoms with Crippen molar-refractivity contribution in [2.24, 2.45) is 0 Å². The number of anilines is 1. The third-order valence-corrected chi connectivity index (χ3v) is 5.34. The number of thioether (sulfide) groups is 1. The van der Waals surface area contributed by atoms with E-state index in [9.17, 15) is 14.0 Å². The fraction of sp³-hybridized carbons (Fsp3) is 0.190. The molecule has 0 saturated carbocycles. The molecule has 1 heterocycles. The Balaban J connectivity index is 1.90. The van der Waals surface area contributed by atoms with Crippen LogP contribution in [0.4, 0.5) is 10.1 Å². The predicted octanol–water partition coefficient (Wildman–Crippen LogP) is 4.18. The van der Waals surface area contributed by atoms with Crippen LogP contribution >= 0.6 is 24.0 Å². The zero-order chi connectivity index (χ0) is 21.7. The summed E-state index contributed by atoms with van der Waals surface area (Å²) in [5.74, 6) is -0.547. The highest BCUT2D eigenvalue weighted by Gasteiger charge is 2.33. The number of ether oxygens (including phenoxy) is 3. The van der Waals surface area contributed by atoms with Gasteiger partial charge in [0, 0.05) is 5.56 Å². The Morgan fingerprint density at radius 3 is 2.63 bits per heavy atom. The van der Waals surface area contributed by atoms with Gasteiger partial charge in [0.1, 0.15) is 5.82 Å². The summed E-state index contributed by atoms with van der Waals surface area (Å²) >= 11 is 6.46. The zero-order valence-corrected chi connectivity index (χ0v) is 17.8. The SMILES string of the molecule is CCOC(=O)COc1c(/C=C2\SC(=S)N(c3ccc(F)cc3)C2=O)cccc1OC. The second-order valence-electron chi connectivity index (χ2n) is 5.97. The monoisotopic (exact) mass is 447 g/mol. The fourth-order valence-corrected chi connectivity index (χ4v) is 4.01. The highest BCUT2D eigenvalue weighted by Crippen LogP contribution is 2.39. The average molecular weight is 448 g/mol. The maximum atomic E-state index is 13.2. The quantitative estimate of drug-likeness (QED) is 0.358. The standard InChI is InChI=1S/C21H18FNO5S2/c1-3-27-18(24)12-28-19-13(5-4-6-16(19)26-2)11-17-20(25)23(21(29)30-17)15-9-7-14(22)8-10-15/h4-11H,3,12H2,1-2H3/b17-11-. The summed E-state index contributed by atoms with van der Waals surface area (Å²) in [6, 6.07) is 10.7. The Bertz CT molecular complexity index is 1010. The molecule has 0 N–H and O–H groups in total. The number of thiocarbonyl (C=S) groups is 1. The number of para-hydroxylation sites is 1. The third kappa shape index (κ3) is 4.80. The molecule has 1 aliphatic heterocycles. The first-order valence-corrected chi connectivity index (χ1v) is 10.2.